The van der Waals surface area contributed by atoms with Gasteiger partial charge in [-0.25, -0.2) is 4.39 Å². The smallest absolute Gasteiger partial charge is 0.232 e. The van der Waals surface area contributed by atoms with Crippen molar-refractivity contribution in [3.63, 3.8) is 0 Å². The van der Waals surface area contributed by atoms with E-state index in [-0.39, 0.29) is 11.8 Å². The highest BCUT2D eigenvalue weighted by Gasteiger charge is 2.04. The van der Waals surface area contributed by atoms with Crippen LogP contribution in [-0.2, 0) is 0 Å². The van der Waals surface area contributed by atoms with Crippen molar-refractivity contribution >= 4 is 17.5 Å². The molecule has 0 aliphatic rings. The number of hydrogen-bond acceptors (Lipinski definition) is 4. The molecule has 1 heterocycles. The van der Waals surface area contributed by atoms with Crippen molar-refractivity contribution in [2.24, 2.45) is 0 Å². The van der Waals surface area contributed by atoms with Crippen molar-refractivity contribution in [3.8, 4) is 10.6 Å². The Labute approximate surface area is 78.2 Å². The molecule has 0 spiro atoms. The lowest BCUT2D eigenvalue weighted by Gasteiger charge is -1.93. The third-order valence-electron chi connectivity index (χ3n) is 1.51. The molecule has 0 aliphatic carbocycles. The van der Waals surface area contributed by atoms with Crippen LogP contribution in [0.1, 0.15) is 0 Å². The average Bonchev–Trinajstić information content (AvgIpc) is 2.52. The number of nitrogens with zero attached hydrogens (tertiary/aromatic N) is 2. The van der Waals surface area contributed by atoms with E-state index in [9.17, 15) is 4.39 Å². The Bertz CT molecular complexity index is 427. The number of nitrogen functional groups attached to an aromatic ring is 1. The Morgan fingerprint density at radius 1 is 1.38 bits per heavy atom. The monoisotopic (exact) mass is 195 g/mol. The fourth-order valence-electron chi connectivity index (χ4n) is 0.974. The van der Waals surface area contributed by atoms with E-state index in [0.29, 0.717) is 10.6 Å². The lowest BCUT2D eigenvalue weighted by molar-refractivity contribution is 0.628. The number of aromatic nitrogens is 2. The van der Waals surface area contributed by atoms with Gasteiger partial charge in [-0.1, -0.05) is 12.1 Å². The van der Waals surface area contributed by atoms with E-state index in [0.717, 1.165) is 11.5 Å². The number of halogens is 1. The maximum atomic E-state index is 12.8. The molecular weight excluding hydrogens is 189 g/mol. The van der Waals surface area contributed by atoms with Crippen LogP contribution in [0.15, 0.2) is 24.3 Å². The summed E-state index contributed by atoms with van der Waals surface area (Å²) in [5, 5.41) is 0.636. The van der Waals surface area contributed by atoms with Crippen LogP contribution in [0.25, 0.3) is 10.6 Å². The maximum Gasteiger partial charge on any atom is 0.232 e. The van der Waals surface area contributed by atoms with Gasteiger partial charge in [0.05, 0.1) is 0 Å². The van der Waals surface area contributed by atoms with E-state index in [1.807, 2.05) is 0 Å². The number of anilines is 1. The van der Waals surface area contributed by atoms with Gasteiger partial charge in [0.1, 0.15) is 10.8 Å². The van der Waals surface area contributed by atoms with Crippen molar-refractivity contribution in [3.05, 3.63) is 30.1 Å². The van der Waals surface area contributed by atoms with Crippen LogP contribution in [0.3, 0.4) is 0 Å². The second-order valence-electron chi connectivity index (χ2n) is 2.47. The topological polar surface area (TPSA) is 51.8 Å². The van der Waals surface area contributed by atoms with Gasteiger partial charge < -0.3 is 5.73 Å². The molecule has 0 atom stereocenters. The number of benzene rings is 1. The zero-order chi connectivity index (χ0) is 9.26. The van der Waals surface area contributed by atoms with E-state index < -0.39 is 0 Å². The summed E-state index contributed by atoms with van der Waals surface area (Å²) in [6, 6.07) is 6.18. The Balaban J connectivity index is 2.46. The van der Waals surface area contributed by atoms with Gasteiger partial charge in [-0.05, 0) is 23.7 Å². The molecular formula is C8H6FN3S. The first-order valence-electron chi connectivity index (χ1n) is 3.61. The van der Waals surface area contributed by atoms with Crippen LogP contribution in [0.2, 0.25) is 0 Å². The van der Waals surface area contributed by atoms with Gasteiger partial charge in [0, 0.05) is 5.56 Å². The highest BCUT2D eigenvalue weighted by atomic mass is 32.1. The van der Waals surface area contributed by atoms with E-state index in [1.165, 1.54) is 12.1 Å². The third-order valence-corrected chi connectivity index (χ3v) is 2.29. The summed E-state index contributed by atoms with van der Waals surface area (Å²) in [7, 11) is 0. The predicted octanol–water partition coefficient (Wildman–Crippen LogP) is 1.93. The standard InChI is InChI=1S/C8H6FN3S/c9-6-3-1-2-5(4-6)7-11-8(10)12-13-7/h1-4H,(H2,10,12). The Hall–Kier alpha value is -1.49. The molecule has 1 aromatic carbocycles. The predicted molar refractivity (Wildman–Crippen MR) is 49.7 cm³/mol. The third kappa shape index (κ3) is 1.65. The molecule has 0 radical (unpaired) electrons. The number of rotatable bonds is 1. The molecule has 0 aliphatic heterocycles. The normalized spacial score (nSPS) is 10.2. The van der Waals surface area contributed by atoms with Gasteiger partial charge in [-0.2, -0.15) is 9.36 Å². The molecule has 66 valence electrons. The van der Waals surface area contributed by atoms with Gasteiger partial charge in [-0.15, -0.1) is 0 Å². The maximum absolute atomic E-state index is 12.8. The molecule has 0 bridgehead atoms. The fourth-order valence-corrected chi connectivity index (χ4v) is 1.56. The lowest BCUT2D eigenvalue weighted by Crippen LogP contribution is -1.85. The summed E-state index contributed by atoms with van der Waals surface area (Å²) >= 11 is 1.16. The first-order chi connectivity index (χ1) is 6.25. The first kappa shape index (κ1) is 8.12. The summed E-state index contributed by atoms with van der Waals surface area (Å²) < 4.78 is 16.6. The molecule has 13 heavy (non-hydrogen) atoms. The SMILES string of the molecule is Nc1nsc(-c2cccc(F)c2)n1. The van der Waals surface area contributed by atoms with Crippen molar-refractivity contribution in [2.45, 2.75) is 0 Å². The summed E-state index contributed by atoms with van der Waals surface area (Å²) in [5.41, 5.74) is 6.05. The molecule has 0 saturated carbocycles. The average molecular weight is 195 g/mol. The van der Waals surface area contributed by atoms with Crippen molar-refractivity contribution in [1.82, 2.24) is 9.36 Å². The van der Waals surface area contributed by atoms with Crippen molar-refractivity contribution in [2.75, 3.05) is 5.73 Å². The van der Waals surface area contributed by atoms with Gasteiger partial charge in [0.15, 0.2) is 0 Å². The van der Waals surface area contributed by atoms with Crippen LogP contribution in [-0.4, -0.2) is 9.36 Å². The second kappa shape index (κ2) is 3.10. The first-order valence-corrected chi connectivity index (χ1v) is 4.38. The summed E-state index contributed by atoms with van der Waals surface area (Å²) in [6.45, 7) is 0. The van der Waals surface area contributed by atoms with Crippen LogP contribution >= 0.6 is 11.5 Å². The second-order valence-corrected chi connectivity index (χ2v) is 3.22. The van der Waals surface area contributed by atoms with Crippen LogP contribution in [0.5, 0.6) is 0 Å². The molecule has 0 amide bonds. The molecule has 1 aromatic heterocycles. The van der Waals surface area contributed by atoms with Crippen LogP contribution in [0.4, 0.5) is 10.3 Å². The zero-order valence-corrected chi connectivity index (χ0v) is 7.38. The molecule has 0 unspecified atom stereocenters. The minimum atomic E-state index is -0.286. The van der Waals surface area contributed by atoms with Gasteiger partial charge >= 0.3 is 0 Å². The lowest BCUT2D eigenvalue weighted by atomic mass is 10.2. The molecule has 5 heteroatoms. The summed E-state index contributed by atoms with van der Waals surface area (Å²) in [4.78, 5) is 3.94. The van der Waals surface area contributed by atoms with Crippen LogP contribution in [0, 0.1) is 5.82 Å². The summed E-state index contributed by atoms with van der Waals surface area (Å²) in [6.07, 6.45) is 0. The Kier molecular flexibility index (Phi) is 1.94. The minimum Gasteiger partial charge on any atom is -0.367 e. The molecule has 2 N–H and O–H groups in total. The van der Waals surface area contributed by atoms with E-state index >= 15 is 0 Å². The molecule has 0 fully saturated rings. The Morgan fingerprint density at radius 3 is 2.85 bits per heavy atom. The minimum absolute atomic E-state index is 0.226. The van der Waals surface area contributed by atoms with E-state index in [1.54, 1.807) is 12.1 Å². The van der Waals surface area contributed by atoms with Gasteiger partial charge in [-0.3, -0.25) is 0 Å². The zero-order valence-electron chi connectivity index (χ0n) is 6.57. The highest BCUT2D eigenvalue weighted by Crippen LogP contribution is 2.22. The van der Waals surface area contributed by atoms with Gasteiger partial charge in [0.2, 0.25) is 5.95 Å². The molecule has 2 aromatic rings. The number of hydrogen-bond donors (Lipinski definition) is 1. The fraction of sp³-hybridized carbons (Fsp3) is 0. The van der Waals surface area contributed by atoms with E-state index in [4.69, 9.17) is 5.73 Å². The highest BCUT2D eigenvalue weighted by molar-refractivity contribution is 7.09. The van der Waals surface area contributed by atoms with Gasteiger partial charge in [0.25, 0.3) is 0 Å². The molecule has 3 nitrogen and oxygen atoms in total. The van der Waals surface area contributed by atoms with E-state index in [2.05, 4.69) is 9.36 Å². The van der Waals surface area contributed by atoms with Crippen LogP contribution < -0.4 is 5.73 Å². The molecule has 2 rings (SSSR count). The number of nitrogens with two attached hydrogens (primary N) is 1. The largest absolute Gasteiger partial charge is 0.367 e. The summed E-state index contributed by atoms with van der Waals surface area (Å²) in [5.74, 6) is -0.0597. The Morgan fingerprint density at radius 2 is 2.23 bits per heavy atom. The quantitative estimate of drug-likeness (QED) is 0.756. The van der Waals surface area contributed by atoms with Crippen molar-refractivity contribution < 1.29 is 4.39 Å². The van der Waals surface area contributed by atoms with Crippen molar-refractivity contribution in [1.29, 1.82) is 0 Å². The molecule has 0 saturated heterocycles.